The molecular weight excluding hydrogens is 334 g/mol. The zero-order chi connectivity index (χ0) is 18.4. The fourth-order valence-electron chi connectivity index (χ4n) is 2.83. The Morgan fingerprint density at radius 2 is 1.88 bits per heavy atom. The van der Waals surface area contributed by atoms with E-state index in [-0.39, 0.29) is 5.91 Å². The van der Waals surface area contributed by atoms with E-state index in [1.165, 1.54) is 0 Å². The fourth-order valence-corrected chi connectivity index (χ4v) is 2.83. The third-order valence-electron chi connectivity index (χ3n) is 4.60. The van der Waals surface area contributed by atoms with Gasteiger partial charge in [0.1, 0.15) is 11.5 Å². The average molecular weight is 357 g/mol. The molecule has 0 radical (unpaired) electrons. The van der Waals surface area contributed by atoms with Gasteiger partial charge >= 0.3 is 0 Å². The summed E-state index contributed by atoms with van der Waals surface area (Å²) < 4.78 is 16.1. The van der Waals surface area contributed by atoms with Crippen molar-refractivity contribution < 1.29 is 19.0 Å². The van der Waals surface area contributed by atoms with Gasteiger partial charge in [-0.1, -0.05) is 0 Å². The highest BCUT2D eigenvalue weighted by atomic mass is 16.5. The van der Waals surface area contributed by atoms with Crippen LogP contribution in [0.25, 0.3) is 0 Å². The van der Waals surface area contributed by atoms with Crippen LogP contribution in [0, 0.1) is 5.41 Å². The van der Waals surface area contributed by atoms with Gasteiger partial charge < -0.3 is 25.3 Å². The summed E-state index contributed by atoms with van der Waals surface area (Å²) in [5.74, 6) is 1.76. The highest BCUT2D eigenvalue weighted by molar-refractivity contribution is 5.95. The Bertz CT molecular complexity index is 725. The minimum atomic E-state index is -0.573. The molecule has 1 aliphatic heterocycles. The largest absolute Gasteiger partial charge is 0.497 e. The molecule has 7 heteroatoms. The van der Waals surface area contributed by atoms with Gasteiger partial charge in [-0.05, 0) is 43.2 Å². The molecule has 1 fully saturated rings. The Morgan fingerprint density at radius 3 is 2.46 bits per heavy atom. The predicted molar refractivity (Wildman–Crippen MR) is 97.5 cm³/mol. The first kappa shape index (κ1) is 18.2. The van der Waals surface area contributed by atoms with Gasteiger partial charge in [0, 0.05) is 25.8 Å². The molecule has 1 aliphatic rings. The van der Waals surface area contributed by atoms with E-state index in [1.54, 1.807) is 37.6 Å². The molecule has 3 rings (SSSR count). The molecule has 0 spiro atoms. The van der Waals surface area contributed by atoms with Gasteiger partial charge in [0.05, 0.1) is 24.4 Å². The van der Waals surface area contributed by atoms with E-state index in [1.807, 2.05) is 12.1 Å². The van der Waals surface area contributed by atoms with E-state index in [0.717, 1.165) is 5.75 Å². The first-order chi connectivity index (χ1) is 12.6. The number of carbonyl (C=O) groups is 1. The number of aromatic nitrogens is 1. The van der Waals surface area contributed by atoms with Gasteiger partial charge in [0.2, 0.25) is 11.8 Å². The van der Waals surface area contributed by atoms with E-state index in [4.69, 9.17) is 19.9 Å². The standard InChI is InChI=1S/C19H23N3O4/c1-24-15-3-5-16(6-4-15)26-17-7-2-14(12-21-17)22-18(23)19(13-20)8-10-25-11-9-19/h2-7,12H,8-11,13,20H2,1H3,(H,22,23). The van der Waals surface area contributed by atoms with Gasteiger partial charge in [-0.2, -0.15) is 0 Å². The second-order valence-electron chi connectivity index (χ2n) is 6.21. The highest BCUT2D eigenvalue weighted by Gasteiger charge is 2.38. The van der Waals surface area contributed by atoms with Crippen LogP contribution in [-0.4, -0.2) is 37.8 Å². The molecule has 2 heterocycles. The molecule has 26 heavy (non-hydrogen) atoms. The lowest BCUT2D eigenvalue weighted by molar-refractivity contribution is -0.130. The summed E-state index contributed by atoms with van der Waals surface area (Å²) in [5.41, 5.74) is 5.90. The van der Waals surface area contributed by atoms with E-state index in [9.17, 15) is 4.79 Å². The summed E-state index contributed by atoms with van der Waals surface area (Å²) in [6, 6.07) is 10.7. The summed E-state index contributed by atoms with van der Waals surface area (Å²) in [5, 5.41) is 2.90. The first-order valence-corrected chi connectivity index (χ1v) is 8.52. The Labute approximate surface area is 152 Å². The summed E-state index contributed by atoms with van der Waals surface area (Å²) in [6.45, 7) is 1.41. The van der Waals surface area contributed by atoms with Crippen LogP contribution in [0.1, 0.15) is 12.8 Å². The van der Waals surface area contributed by atoms with E-state index in [2.05, 4.69) is 10.3 Å². The zero-order valence-electron chi connectivity index (χ0n) is 14.7. The molecule has 1 aromatic carbocycles. The van der Waals surface area contributed by atoms with Crippen LogP contribution in [0.3, 0.4) is 0 Å². The molecule has 0 unspecified atom stereocenters. The van der Waals surface area contributed by atoms with Gasteiger partial charge in [0.25, 0.3) is 0 Å². The Hall–Kier alpha value is -2.64. The van der Waals surface area contributed by atoms with Gasteiger partial charge in [-0.15, -0.1) is 0 Å². The predicted octanol–water partition coefficient (Wildman–Crippen LogP) is 2.58. The summed E-state index contributed by atoms with van der Waals surface area (Å²) >= 11 is 0. The van der Waals surface area contributed by atoms with Crippen LogP contribution in [-0.2, 0) is 9.53 Å². The molecule has 138 valence electrons. The number of rotatable bonds is 6. The molecule has 3 N–H and O–H groups in total. The number of benzene rings is 1. The van der Waals surface area contributed by atoms with Gasteiger partial charge in [0.15, 0.2) is 0 Å². The molecule has 0 aliphatic carbocycles. The number of methoxy groups -OCH3 is 1. The Morgan fingerprint density at radius 1 is 1.19 bits per heavy atom. The number of amides is 1. The maximum Gasteiger partial charge on any atom is 0.232 e. The number of carbonyl (C=O) groups excluding carboxylic acids is 1. The van der Waals surface area contributed by atoms with Crippen LogP contribution in [0.5, 0.6) is 17.4 Å². The Balaban J connectivity index is 1.62. The van der Waals surface area contributed by atoms with Crippen molar-refractivity contribution in [2.75, 3.05) is 32.2 Å². The number of hydrogen-bond donors (Lipinski definition) is 2. The number of nitrogens with one attached hydrogen (secondary N) is 1. The maximum atomic E-state index is 12.6. The summed E-state index contributed by atoms with van der Waals surface area (Å²) in [4.78, 5) is 16.9. The molecule has 1 saturated heterocycles. The smallest absolute Gasteiger partial charge is 0.232 e. The zero-order valence-corrected chi connectivity index (χ0v) is 14.7. The van der Waals surface area contributed by atoms with Crippen molar-refractivity contribution in [2.24, 2.45) is 11.1 Å². The van der Waals surface area contributed by atoms with E-state index < -0.39 is 5.41 Å². The van der Waals surface area contributed by atoms with Gasteiger partial charge in [-0.25, -0.2) is 4.98 Å². The van der Waals surface area contributed by atoms with Crippen molar-refractivity contribution in [3.63, 3.8) is 0 Å². The minimum Gasteiger partial charge on any atom is -0.497 e. The van der Waals surface area contributed by atoms with Crippen molar-refractivity contribution in [1.29, 1.82) is 0 Å². The van der Waals surface area contributed by atoms with Gasteiger partial charge in [-0.3, -0.25) is 4.79 Å². The first-order valence-electron chi connectivity index (χ1n) is 8.52. The molecule has 7 nitrogen and oxygen atoms in total. The van der Waals surface area contributed by atoms with E-state index in [0.29, 0.717) is 49.9 Å². The number of nitrogens with two attached hydrogens (primary N) is 1. The molecule has 0 saturated carbocycles. The lowest BCUT2D eigenvalue weighted by atomic mass is 9.79. The van der Waals surface area contributed by atoms with Crippen LogP contribution < -0.4 is 20.5 Å². The molecule has 0 atom stereocenters. The molecular formula is C19H23N3O4. The van der Waals surface area contributed by atoms with Crippen molar-refractivity contribution in [3.8, 4) is 17.4 Å². The Kier molecular flexibility index (Phi) is 5.70. The maximum absolute atomic E-state index is 12.6. The molecule has 2 aromatic rings. The second-order valence-corrected chi connectivity index (χ2v) is 6.21. The summed E-state index contributed by atoms with van der Waals surface area (Å²) in [6.07, 6.45) is 2.82. The third-order valence-corrected chi connectivity index (χ3v) is 4.60. The second kappa shape index (κ2) is 8.16. The fraction of sp³-hybridized carbons (Fsp3) is 0.368. The van der Waals surface area contributed by atoms with Crippen molar-refractivity contribution in [1.82, 2.24) is 4.98 Å². The highest BCUT2D eigenvalue weighted by Crippen LogP contribution is 2.31. The van der Waals surface area contributed by atoms with E-state index >= 15 is 0 Å². The summed E-state index contributed by atoms with van der Waals surface area (Å²) in [7, 11) is 1.61. The van der Waals surface area contributed by atoms with Crippen LogP contribution in [0.4, 0.5) is 5.69 Å². The van der Waals surface area contributed by atoms with Crippen LogP contribution >= 0.6 is 0 Å². The topological polar surface area (TPSA) is 95.7 Å². The average Bonchev–Trinajstić information content (AvgIpc) is 2.70. The lowest BCUT2D eigenvalue weighted by Crippen LogP contribution is -2.46. The normalized spacial score (nSPS) is 15.9. The van der Waals surface area contributed by atoms with Crippen molar-refractivity contribution in [2.45, 2.75) is 12.8 Å². The SMILES string of the molecule is COc1ccc(Oc2ccc(NC(=O)C3(CN)CCOCC3)cn2)cc1. The number of ether oxygens (including phenoxy) is 3. The number of anilines is 1. The lowest BCUT2D eigenvalue weighted by Gasteiger charge is -2.34. The number of pyridine rings is 1. The molecule has 1 amide bonds. The quantitative estimate of drug-likeness (QED) is 0.825. The molecule has 1 aromatic heterocycles. The monoisotopic (exact) mass is 357 g/mol. The van der Waals surface area contributed by atoms with Crippen LogP contribution in [0.15, 0.2) is 42.6 Å². The number of nitrogens with zero attached hydrogens (tertiary/aromatic N) is 1. The molecule has 0 bridgehead atoms. The van der Waals surface area contributed by atoms with Crippen LogP contribution in [0.2, 0.25) is 0 Å². The number of hydrogen-bond acceptors (Lipinski definition) is 6. The minimum absolute atomic E-state index is 0.0890. The third kappa shape index (κ3) is 4.12. The van der Waals surface area contributed by atoms with Crippen molar-refractivity contribution in [3.05, 3.63) is 42.6 Å². The van der Waals surface area contributed by atoms with Crippen molar-refractivity contribution >= 4 is 11.6 Å².